The molecule has 0 unspecified atom stereocenters. The van der Waals surface area contributed by atoms with E-state index in [1.165, 1.54) is 10.6 Å². The van der Waals surface area contributed by atoms with Crippen molar-refractivity contribution in [1.29, 1.82) is 0 Å². The third kappa shape index (κ3) is 2.56. The molecule has 5 nitrogen and oxygen atoms in total. The van der Waals surface area contributed by atoms with E-state index in [1.54, 1.807) is 0 Å². The Hall–Kier alpha value is -1.36. The molecular weight excluding hydrogens is 254 g/mol. The summed E-state index contributed by atoms with van der Waals surface area (Å²) in [6, 6.07) is 1.57. The molecule has 0 spiro atoms. The lowest BCUT2D eigenvalue weighted by Crippen LogP contribution is -2.35. The second-order valence-electron chi connectivity index (χ2n) is 4.98. The van der Waals surface area contributed by atoms with Gasteiger partial charge in [-0.2, -0.15) is 0 Å². The number of carbonyl (C=O) groups is 1. The number of hydrogen-bond acceptors (Lipinski definition) is 3. The van der Waals surface area contributed by atoms with Crippen molar-refractivity contribution in [3.8, 4) is 0 Å². The first-order valence-electron chi connectivity index (χ1n) is 6.20. The largest absolute Gasteiger partial charge is 0.352 e. The number of rotatable bonds is 4. The molecule has 0 radical (unpaired) electrons. The van der Waals surface area contributed by atoms with Gasteiger partial charge >= 0.3 is 0 Å². The molecule has 0 aliphatic heterocycles. The van der Waals surface area contributed by atoms with Gasteiger partial charge in [-0.15, -0.1) is 0 Å². The van der Waals surface area contributed by atoms with Crippen molar-refractivity contribution in [2.24, 2.45) is 0 Å². The van der Waals surface area contributed by atoms with E-state index in [4.69, 9.17) is 11.6 Å². The van der Waals surface area contributed by atoms with Crippen LogP contribution in [0.25, 0.3) is 0 Å². The van der Waals surface area contributed by atoms with Gasteiger partial charge in [-0.3, -0.25) is 14.2 Å². The maximum Gasteiger partial charge on any atom is 0.255 e. The molecule has 0 atom stereocenters. The van der Waals surface area contributed by atoms with Gasteiger partial charge in [-0.1, -0.05) is 11.6 Å². The highest BCUT2D eigenvalue weighted by Gasteiger charge is 2.30. The molecule has 1 aromatic heterocycles. The summed E-state index contributed by atoms with van der Waals surface area (Å²) in [5.74, 6) is 0.814. The third-order valence-corrected chi connectivity index (χ3v) is 3.39. The number of nitrogens with zero attached hydrogens (tertiary/aromatic N) is 2. The monoisotopic (exact) mass is 267 g/mol. The van der Waals surface area contributed by atoms with Crippen molar-refractivity contribution < 1.29 is 4.79 Å². The van der Waals surface area contributed by atoms with Gasteiger partial charge in [0.1, 0.15) is 17.5 Å². The smallest absolute Gasteiger partial charge is 0.255 e. The lowest BCUT2D eigenvalue weighted by atomic mass is 10.3. The summed E-state index contributed by atoms with van der Waals surface area (Å²) < 4.78 is 1.45. The average molecular weight is 268 g/mol. The van der Waals surface area contributed by atoms with Crippen LogP contribution < -0.4 is 10.9 Å². The first-order valence-corrected chi connectivity index (χ1v) is 6.58. The molecule has 0 aromatic carbocycles. The summed E-state index contributed by atoms with van der Waals surface area (Å²) in [5, 5.41) is 3.08. The second kappa shape index (κ2) is 4.39. The van der Waals surface area contributed by atoms with Crippen LogP contribution in [0, 0.1) is 0 Å². The summed E-state index contributed by atoms with van der Waals surface area (Å²) in [6.07, 6.45) is 4.10. The Bertz CT molecular complexity index is 547. The number of carbonyl (C=O) groups excluding carboxylic acids is 1. The SMILES string of the molecule is O=C(Cn1c(C2CC2)nc(Cl)cc1=O)NC1CC1. The fourth-order valence-corrected chi connectivity index (χ4v) is 2.13. The van der Waals surface area contributed by atoms with E-state index in [1.807, 2.05) is 0 Å². The van der Waals surface area contributed by atoms with Crippen LogP contribution in [0.5, 0.6) is 0 Å². The molecule has 18 heavy (non-hydrogen) atoms. The zero-order chi connectivity index (χ0) is 12.7. The van der Waals surface area contributed by atoms with Crippen LogP contribution in [0.1, 0.15) is 37.4 Å². The van der Waals surface area contributed by atoms with Crippen molar-refractivity contribution in [2.75, 3.05) is 0 Å². The van der Waals surface area contributed by atoms with E-state index >= 15 is 0 Å². The van der Waals surface area contributed by atoms with E-state index < -0.39 is 0 Å². The number of halogens is 1. The van der Waals surface area contributed by atoms with Gasteiger partial charge in [0, 0.05) is 18.0 Å². The maximum atomic E-state index is 11.9. The van der Waals surface area contributed by atoms with Crippen molar-refractivity contribution in [3.05, 3.63) is 27.4 Å². The van der Waals surface area contributed by atoms with Crippen LogP contribution in [0.3, 0.4) is 0 Å². The Morgan fingerprint density at radius 1 is 1.44 bits per heavy atom. The van der Waals surface area contributed by atoms with Crippen LogP contribution in [0.2, 0.25) is 5.15 Å². The fourth-order valence-electron chi connectivity index (χ4n) is 1.95. The molecule has 96 valence electrons. The predicted molar refractivity (Wildman–Crippen MR) is 66.6 cm³/mol. The van der Waals surface area contributed by atoms with Crippen LogP contribution in [-0.4, -0.2) is 21.5 Å². The molecule has 2 aliphatic rings. The van der Waals surface area contributed by atoms with Crippen LogP contribution in [0.15, 0.2) is 10.9 Å². The zero-order valence-corrected chi connectivity index (χ0v) is 10.6. The Morgan fingerprint density at radius 3 is 2.78 bits per heavy atom. The number of aromatic nitrogens is 2. The standard InChI is InChI=1S/C12H14ClN3O2/c13-9-5-11(18)16(12(15-9)7-1-2-7)6-10(17)14-8-3-4-8/h5,7-8H,1-4,6H2,(H,14,17). The summed E-state index contributed by atoms with van der Waals surface area (Å²) in [5.41, 5.74) is -0.247. The van der Waals surface area contributed by atoms with Gasteiger partial charge in [0.2, 0.25) is 5.91 Å². The Morgan fingerprint density at radius 2 is 2.17 bits per heavy atom. The molecule has 0 bridgehead atoms. The molecule has 6 heteroatoms. The van der Waals surface area contributed by atoms with Crippen molar-refractivity contribution in [1.82, 2.24) is 14.9 Å². The average Bonchev–Trinajstić information content (AvgIpc) is 3.12. The summed E-state index contributed by atoms with van der Waals surface area (Å²) in [7, 11) is 0. The molecular formula is C12H14ClN3O2. The van der Waals surface area contributed by atoms with Crippen molar-refractivity contribution >= 4 is 17.5 Å². The molecule has 2 aliphatic carbocycles. The van der Waals surface area contributed by atoms with Crippen LogP contribution in [-0.2, 0) is 11.3 Å². The van der Waals surface area contributed by atoms with Crippen molar-refractivity contribution in [3.63, 3.8) is 0 Å². The van der Waals surface area contributed by atoms with Gasteiger partial charge < -0.3 is 5.32 Å². The number of nitrogens with one attached hydrogen (secondary N) is 1. The lowest BCUT2D eigenvalue weighted by molar-refractivity contribution is -0.121. The van der Waals surface area contributed by atoms with E-state index in [0.717, 1.165) is 25.7 Å². The van der Waals surface area contributed by atoms with Gasteiger partial charge in [0.25, 0.3) is 5.56 Å². The van der Waals surface area contributed by atoms with E-state index in [2.05, 4.69) is 10.3 Å². The summed E-state index contributed by atoms with van der Waals surface area (Å²) >= 11 is 5.80. The Kier molecular flexibility index (Phi) is 2.86. The molecule has 0 saturated heterocycles. The minimum atomic E-state index is -0.247. The van der Waals surface area contributed by atoms with Gasteiger partial charge in [-0.05, 0) is 25.7 Å². The van der Waals surface area contributed by atoms with E-state index in [0.29, 0.717) is 11.9 Å². The Balaban J connectivity index is 1.84. The van der Waals surface area contributed by atoms with Crippen molar-refractivity contribution in [2.45, 2.75) is 44.2 Å². The van der Waals surface area contributed by atoms with E-state index in [9.17, 15) is 9.59 Å². The highest BCUT2D eigenvalue weighted by atomic mass is 35.5. The van der Waals surface area contributed by atoms with Gasteiger partial charge in [0.05, 0.1) is 0 Å². The lowest BCUT2D eigenvalue weighted by Gasteiger charge is -2.11. The first-order chi connectivity index (χ1) is 8.63. The second-order valence-corrected chi connectivity index (χ2v) is 5.36. The molecule has 1 amide bonds. The predicted octanol–water partition coefficient (Wildman–Crippen LogP) is 1.05. The maximum absolute atomic E-state index is 11.9. The minimum Gasteiger partial charge on any atom is -0.352 e. The number of amides is 1. The molecule has 2 saturated carbocycles. The topological polar surface area (TPSA) is 64.0 Å². The first kappa shape index (κ1) is 11.7. The molecule has 2 fully saturated rings. The van der Waals surface area contributed by atoms with Crippen LogP contribution >= 0.6 is 11.6 Å². The molecule has 1 N–H and O–H groups in total. The van der Waals surface area contributed by atoms with E-state index in [-0.39, 0.29) is 29.1 Å². The summed E-state index contributed by atoms with van der Waals surface area (Å²) in [6.45, 7) is 0.0470. The quantitative estimate of drug-likeness (QED) is 0.830. The number of hydrogen-bond donors (Lipinski definition) is 1. The molecule has 3 rings (SSSR count). The zero-order valence-electron chi connectivity index (χ0n) is 9.86. The minimum absolute atomic E-state index is 0.0470. The van der Waals surface area contributed by atoms with Gasteiger partial charge in [-0.25, -0.2) is 4.98 Å². The van der Waals surface area contributed by atoms with Gasteiger partial charge in [0.15, 0.2) is 0 Å². The highest BCUT2D eigenvalue weighted by Crippen LogP contribution is 2.38. The normalized spacial score (nSPS) is 18.7. The van der Waals surface area contributed by atoms with Crippen LogP contribution in [0.4, 0.5) is 0 Å². The third-order valence-electron chi connectivity index (χ3n) is 3.19. The fraction of sp³-hybridized carbons (Fsp3) is 0.583. The molecule has 1 aromatic rings. The Labute approximate surface area is 109 Å². The highest BCUT2D eigenvalue weighted by molar-refractivity contribution is 6.29. The molecule has 1 heterocycles. The summed E-state index contributed by atoms with van der Waals surface area (Å²) in [4.78, 5) is 27.8.